The zero-order chi connectivity index (χ0) is 30.9. The third-order valence-corrected chi connectivity index (χ3v) is 7.81. The molecular formula is C40H60Cl2SiTi-2. The van der Waals surface area contributed by atoms with E-state index >= 15 is 0 Å². The van der Waals surface area contributed by atoms with Crippen LogP contribution in [-0.4, -0.2) is 6.19 Å². The summed E-state index contributed by atoms with van der Waals surface area (Å²) in [4.78, 5) is 0. The molecule has 4 rings (SSSR count). The van der Waals surface area contributed by atoms with Crippen LogP contribution in [0.1, 0.15) is 126 Å². The van der Waals surface area contributed by atoms with Crippen molar-refractivity contribution in [1.82, 2.24) is 0 Å². The minimum Gasteiger partial charge on any atom is -1.00 e. The van der Waals surface area contributed by atoms with E-state index < -0.39 is 0 Å². The van der Waals surface area contributed by atoms with Crippen LogP contribution in [0, 0.1) is 0 Å². The summed E-state index contributed by atoms with van der Waals surface area (Å²) in [7, 11) is 0. The van der Waals surface area contributed by atoms with Gasteiger partial charge in [-0.2, -0.15) is 12.1 Å². The van der Waals surface area contributed by atoms with Crippen LogP contribution in [0.4, 0.5) is 0 Å². The molecule has 4 aromatic rings. The molecule has 244 valence electrons. The van der Waals surface area contributed by atoms with Gasteiger partial charge in [0.15, 0.2) is 0 Å². The number of fused-ring (bicyclic) bond motifs is 2. The van der Waals surface area contributed by atoms with Crippen molar-refractivity contribution in [3.63, 3.8) is 0 Å². The van der Waals surface area contributed by atoms with E-state index in [0.29, 0.717) is 0 Å². The zero-order valence-corrected chi connectivity index (χ0v) is 33.3. The van der Waals surface area contributed by atoms with E-state index in [0.717, 1.165) is 0 Å². The van der Waals surface area contributed by atoms with Gasteiger partial charge < -0.3 is 24.8 Å². The fraction of sp³-hybridized carbons (Fsp3) is 0.550. The molecule has 0 amide bonds. The first-order chi connectivity index (χ1) is 20.3. The molecule has 0 heterocycles. The predicted molar refractivity (Wildman–Crippen MR) is 190 cm³/mol. The number of rotatable bonds is 14. The quantitative estimate of drug-likeness (QED) is 0.106. The van der Waals surface area contributed by atoms with E-state index in [1.807, 2.05) is 0 Å². The Hall–Kier alpha value is -0.829. The minimum atomic E-state index is 0. The maximum Gasteiger partial charge on any atom is -1.00 e. The van der Waals surface area contributed by atoms with Crippen LogP contribution >= 0.6 is 0 Å². The molecule has 4 aromatic carbocycles. The van der Waals surface area contributed by atoms with Crippen LogP contribution in [-0.2, 0) is 57.7 Å². The third kappa shape index (κ3) is 14.7. The minimum absolute atomic E-state index is 0. The molecule has 0 N–H and O–H groups in total. The topological polar surface area (TPSA) is 0 Å². The van der Waals surface area contributed by atoms with E-state index in [4.69, 9.17) is 0 Å². The van der Waals surface area contributed by atoms with E-state index in [2.05, 4.69) is 122 Å². The van der Waals surface area contributed by atoms with Crippen LogP contribution in [0.3, 0.4) is 0 Å². The van der Waals surface area contributed by atoms with Gasteiger partial charge in [-0.25, -0.2) is 0 Å². The molecule has 0 aliphatic rings. The second-order valence-electron chi connectivity index (χ2n) is 12.4. The molecule has 0 atom stereocenters. The SMILES string of the molecule is CCCCc1cc2c(CCC)cc(CCC)cc2[cH-]1.CCCCc1cc2c(CCC)cc(CCC)cc2[cH-]1.C[Si](C)=[Ti+2].[Cl-].[Cl-]. The van der Waals surface area contributed by atoms with Gasteiger partial charge in [-0.15, -0.1) is 56.9 Å². The van der Waals surface area contributed by atoms with Gasteiger partial charge in [0.2, 0.25) is 0 Å². The normalized spacial score (nSPS) is 10.4. The largest absolute Gasteiger partial charge is 1.00 e. The molecule has 0 unspecified atom stereocenters. The Balaban J connectivity index is 0.000000720. The van der Waals surface area contributed by atoms with Gasteiger partial charge in [0.25, 0.3) is 0 Å². The number of unbranched alkanes of at least 4 members (excludes halogenated alkanes) is 2. The van der Waals surface area contributed by atoms with Crippen molar-refractivity contribution < 1.29 is 44.0 Å². The van der Waals surface area contributed by atoms with E-state index in [1.165, 1.54) is 134 Å². The average Bonchev–Trinajstić information content (AvgIpc) is 3.55. The second-order valence-corrected chi connectivity index (χ2v) is 19.1. The summed E-state index contributed by atoms with van der Waals surface area (Å²) in [6.45, 7) is 18.2. The summed E-state index contributed by atoms with van der Waals surface area (Å²) in [5.41, 5.74) is 9.22. The van der Waals surface area contributed by atoms with Crippen molar-refractivity contribution in [2.75, 3.05) is 0 Å². The Bertz CT molecular complexity index is 1240. The second kappa shape index (κ2) is 24.4. The molecule has 0 bridgehead atoms. The van der Waals surface area contributed by atoms with Crippen LogP contribution in [0.2, 0.25) is 13.1 Å². The van der Waals surface area contributed by atoms with Crippen LogP contribution in [0.15, 0.2) is 48.5 Å². The third-order valence-electron chi connectivity index (χ3n) is 7.81. The number of hydrogen-bond donors (Lipinski definition) is 0. The summed E-state index contributed by atoms with van der Waals surface area (Å²) < 4.78 is 0. The average molecular weight is 688 g/mol. The molecule has 0 fully saturated rings. The number of halogens is 2. The Morgan fingerprint density at radius 1 is 0.500 bits per heavy atom. The van der Waals surface area contributed by atoms with Gasteiger partial charge in [-0.05, 0) is 38.5 Å². The van der Waals surface area contributed by atoms with E-state index in [1.54, 1.807) is 11.1 Å². The van der Waals surface area contributed by atoms with E-state index in [9.17, 15) is 0 Å². The van der Waals surface area contributed by atoms with Gasteiger partial charge >= 0.3 is 38.5 Å². The molecule has 44 heavy (non-hydrogen) atoms. The van der Waals surface area contributed by atoms with Crippen molar-refractivity contribution in [3.05, 3.63) is 81.9 Å². The van der Waals surface area contributed by atoms with Crippen molar-refractivity contribution in [2.45, 2.75) is 145 Å². The predicted octanol–water partition coefficient (Wildman–Crippen LogP) is 6.40. The molecule has 0 aliphatic carbocycles. The Morgan fingerprint density at radius 3 is 1.14 bits per heavy atom. The van der Waals surface area contributed by atoms with Crippen LogP contribution < -0.4 is 24.8 Å². The van der Waals surface area contributed by atoms with Crippen molar-refractivity contribution in [3.8, 4) is 0 Å². The Morgan fingerprint density at radius 2 is 0.841 bits per heavy atom. The van der Waals surface area contributed by atoms with Crippen molar-refractivity contribution >= 4 is 27.7 Å². The Labute approximate surface area is 296 Å². The van der Waals surface area contributed by atoms with Gasteiger partial charge in [-0.3, -0.25) is 0 Å². The number of aryl methyl sites for hydroxylation is 6. The number of benzene rings is 2. The summed E-state index contributed by atoms with van der Waals surface area (Å²) >= 11 is 2.27. The summed E-state index contributed by atoms with van der Waals surface area (Å²) in [5.74, 6) is 0. The summed E-state index contributed by atoms with van der Waals surface area (Å²) in [6, 6.07) is 19.4. The Kier molecular flexibility index (Phi) is 23.9. The summed E-state index contributed by atoms with van der Waals surface area (Å²) in [5, 5.41) is 5.96. The van der Waals surface area contributed by atoms with Gasteiger partial charge in [0.05, 0.1) is 0 Å². The monoisotopic (exact) mass is 686 g/mol. The molecule has 0 aromatic heterocycles. The first kappa shape index (κ1) is 43.2. The van der Waals surface area contributed by atoms with Crippen LogP contribution in [0.5, 0.6) is 0 Å². The maximum atomic E-state index is 2.44. The molecule has 0 saturated heterocycles. The molecule has 4 heteroatoms. The van der Waals surface area contributed by atoms with Gasteiger partial charge in [-0.1, -0.05) is 127 Å². The zero-order valence-electron chi connectivity index (χ0n) is 29.3. The fourth-order valence-electron chi connectivity index (χ4n) is 5.93. The first-order valence-electron chi connectivity index (χ1n) is 17.2. The van der Waals surface area contributed by atoms with Gasteiger partial charge in [0, 0.05) is 0 Å². The molecule has 0 aliphatic heterocycles. The van der Waals surface area contributed by atoms with E-state index in [-0.39, 0.29) is 31.0 Å². The fourth-order valence-corrected chi connectivity index (χ4v) is 5.93. The molecule has 0 saturated carbocycles. The molecule has 0 spiro atoms. The first-order valence-corrected chi connectivity index (χ1v) is 22.1. The van der Waals surface area contributed by atoms with Gasteiger partial charge in [0.1, 0.15) is 0 Å². The summed E-state index contributed by atoms with van der Waals surface area (Å²) in [6.07, 6.45) is 17.6. The molecule has 0 radical (unpaired) electrons. The maximum absolute atomic E-state index is 2.44. The standard InChI is InChI=1S/2C19H27.C2H6Si.2ClH.Ti/c2*1-4-7-10-16-13-18-12-15(8-5-2)11-17(9-6-3)19(18)14-16;1-3-2;;;/h2*11-14H,4-10H2,1-3H3;1-2H3;2*1H;/q2*-1;;;;+2/p-2. The molecule has 0 nitrogen and oxygen atoms in total. The smallest absolute Gasteiger partial charge is 1.00 e. The molecular weight excluding hydrogens is 627 g/mol. The number of hydrogen-bond acceptors (Lipinski definition) is 0. The van der Waals surface area contributed by atoms with Crippen molar-refractivity contribution in [1.29, 1.82) is 0 Å². The van der Waals surface area contributed by atoms with Crippen LogP contribution in [0.25, 0.3) is 21.5 Å². The van der Waals surface area contributed by atoms with Crippen molar-refractivity contribution in [2.24, 2.45) is 0 Å².